The van der Waals surface area contributed by atoms with E-state index in [2.05, 4.69) is 29.2 Å². The van der Waals surface area contributed by atoms with Crippen LogP contribution in [0.25, 0.3) is 16.9 Å². The molecule has 150 valence electrons. The van der Waals surface area contributed by atoms with E-state index in [1.165, 1.54) is 18.4 Å². The minimum absolute atomic E-state index is 0.0936. The van der Waals surface area contributed by atoms with Gasteiger partial charge in [-0.05, 0) is 75.5 Å². The third-order valence-corrected chi connectivity index (χ3v) is 6.38. The number of H-pyrrole nitrogens is 1. The summed E-state index contributed by atoms with van der Waals surface area (Å²) in [5.41, 5.74) is 4.96. The molecule has 1 amide bonds. The lowest BCUT2D eigenvalue weighted by molar-refractivity contribution is 0.0935. The Morgan fingerprint density at radius 3 is 2.62 bits per heavy atom. The van der Waals surface area contributed by atoms with Gasteiger partial charge in [-0.1, -0.05) is 12.1 Å². The predicted molar refractivity (Wildman–Crippen MR) is 112 cm³/mol. The second-order valence-electron chi connectivity index (χ2n) is 8.73. The second-order valence-corrected chi connectivity index (χ2v) is 8.73. The summed E-state index contributed by atoms with van der Waals surface area (Å²) in [5, 5.41) is 7.79. The van der Waals surface area contributed by atoms with Crippen LogP contribution in [0.5, 0.6) is 0 Å². The maximum absolute atomic E-state index is 13.0. The van der Waals surface area contributed by atoms with Crippen LogP contribution in [-0.4, -0.2) is 26.5 Å². The highest BCUT2D eigenvalue weighted by molar-refractivity contribution is 5.98. The van der Waals surface area contributed by atoms with Crippen molar-refractivity contribution in [2.75, 3.05) is 0 Å². The number of benzene rings is 1. The van der Waals surface area contributed by atoms with Crippen LogP contribution in [0.3, 0.4) is 0 Å². The average Bonchev–Trinajstić information content (AvgIpc) is 3.60. The van der Waals surface area contributed by atoms with E-state index in [0.29, 0.717) is 22.8 Å². The first-order valence-corrected chi connectivity index (χ1v) is 10.5. The molecule has 3 aromatic rings. The van der Waals surface area contributed by atoms with Crippen LogP contribution >= 0.6 is 0 Å². The van der Waals surface area contributed by atoms with Crippen LogP contribution < -0.4 is 10.9 Å². The third kappa shape index (κ3) is 3.26. The molecule has 6 heteroatoms. The molecule has 2 aliphatic carbocycles. The Morgan fingerprint density at radius 2 is 1.97 bits per heavy atom. The number of hydrogen-bond donors (Lipinski definition) is 2. The van der Waals surface area contributed by atoms with Crippen molar-refractivity contribution in [3.05, 3.63) is 57.0 Å². The smallest absolute Gasteiger partial charge is 0.275 e. The van der Waals surface area contributed by atoms with Crippen molar-refractivity contribution in [3.8, 4) is 11.4 Å². The summed E-state index contributed by atoms with van der Waals surface area (Å²) in [6.45, 7) is 6.16. The van der Waals surface area contributed by atoms with Gasteiger partial charge in [0, 0.05) is 23.4 Å². The molecule has 2 saturated carbocycles. The number of amides is 1. The van der Waals surface area contributed by atoms with E-state index in [-0.39, 0.29) is 23.4 Å². The zero-order chi connectivity index (χ0) is 20.3. The fraction of sp³-hybridized carbons (Fsp3) is 0.435. The Kier molecular flexibility index (Phi) is 4.12. The number of fused-ring (bicyclic) bond motifs is 1. The number of aromatic amines is 1. The van der Waals surface area contributed by atoms with Crippen LogP contribution in [-0.2, 0) is 0 Å². The van der Waals surface area contributed by atoms with Gasteiger partial charge in [0.2, 0.25) is 0 Å². The summed E-state index contributed by atoms with van der Waals surface area (Å²) in [4.78, 5) is 28.9. The van der Waals surface area contributed by atoms with Crippen molar-refractivity contribution in [1.82, 2.24) is 19.9 Å². The Morgan fingerprint density at radius 1 is 1.21 bits per heavy atom. The lowest BCUT2D eigenvalue weighted by atomic mass is 10.1. The molecule has 1 atom stereocenters. The van der Waals surface area contributed by atoms with E-state index < -0.39 is 0 Å². The number of nitrogens with zero attached hydrogens (tertiary/aromatic N) is 2. The zero-order valence-electron chi connectivity index (χ0n) is 17.1. The summed E-state index contributed by atoms with van der Waals surface area (Å²) in [6.07, 6.45) is 6.11. The number of nitrogens with one attached hydrogen (secondary N) is 2. The summed E-state index contributed by atoms with van der Waals surface area (Å²) in [6, 6.07) is 6.17. The van der Waals surface area contributed by atoms with Crippen LogP contribution in [0.2, 0.25) is 0 Å². The van der Waals surface area contributed by atoms with Gasteiger partial charge in [-0.15, -0.1) is 5.10 Å². The molecule has 2 fully saturated rings. The SMILES string of the molecule is Cc1ccc(-c2nn3cc(C(=O)N[C@H](C)C4CC4)c(C4CC4)c3c(=O)[nH]2)cc1C. The van der Waals surface area contributed by atoms with Crippen molar-refractivity contribution in [2.45, 2.75) is 58.4 Å². The zero-order valence-corrected chi connectivity index (χ0v) is 17.1. The van der Waals surface area contributed by atoms with Crippen molar-refractivity contribution in [1.29, 1.82) is 0 Å². The minimum atomic E-state index is -0.190. The molecular weight excluding hydrogens is 364 g/mol. The average molecular weight is 390 g/mol. The van der Waals surface area contributed by atoms with Gasteiger partial charge in [-0.25, -0.2) is 4.52 Å². The second kappa shape index (κ2) is 6.58. The Balaban J connectivity index is 1.60. The number of hydrogen-bond acceptors (Lipinski definition) is 3. The number of carbonyl (C=O) groups excluding carboxylic acids is 1. The lowest BCUT2D eigenvalue weighted by Gasteiger charge is -2.12. The lowest BCUT2D eigenvalue weighted by Crippen LogP contribution is -2.34. The van der Waals surface area contributed by atoms with E-state index in [0.717, 1.165) is 29.5 Å². The van der Waals surface area contributed by atoms with Crippen LogP contribution in [0.15, 0.2) is 29.2 Å². The first-order valence-electron chi connectivity index (χ1n) is 10.5. The van der Waals surface area contributed by atoms with Gasteiger partial charge in [-0.3, -0.25) is 9.59 Å². The van der Waals surface area contributed by atoms with Gasteiger partial charge in [-0.2, -0.15) is 0 Å². The molecule has 5 rings (SSSR count). The molecule has 2 N–H and O–H groups in total. The fourth-order valence-electron chi connectivity index (χ4n) is 4.10. The fourth-order valence-corrected chi connectivity index (χ4v) is 4.10. The molecule has 0 unspecified atom stereocenters. The van der Waals surface area contributed by atoms with Gasteiger partial charge in [0.15, 0.2) is 5.82 Å². The van der Waals surface area contributed by atoms with E-state index in [9.17, 15) is 9.59 Å². The van der Waals surface area contributed by atoms with Crippen LogP contribution in [0, 0.1) is 19.8 Å². The van der Waals surface area contributed by atoms with Gasteiger partial charge < -0.3 is 10.3 Å². The molecule has 2 heterocycles. The van der Waals surface area contributed by atoms with Crippen LogP contribution in [0.4, 0.5) is 0 Å². The molecule has 2 aromatic heterocycles. The highest BCUT2D eigenvalue weighted by Crippen LogP contribution is 2.43. The van der Waals surface area contributed by atoms with E-state index in [4.69, 9.17) is 0 Å². The van der Waals surface area contributed by atoms with Crippen molar-refractivity contribution in [2.24, 2.45) is 5.92 Å². The maximum Gasteiger partial charge on any atom is 0.275 e. The number of aryl methyl sites for hydroxylation is 2. The largest absolute Gasteiger partial charge is 0.349 e. The summed E-state index contributed by atoms with van der Waals surface area (Å²) in [7, 11) is 0. The molecular formula is C23H26N4O2. The molecule has 1 aromatic carbocycles. The normalized spacial score (nSPS) is 17.5. The molecule has 0 aliphatic heterocycles. The molecule has 0 bridgehead atoms. The molecule has 6 nitrogen and oxygen atoms in total. The minimum Gasteiger partial charge on any atom is -0.349 e. The molecule has 2 aliphatic rings. The standard InChI is InChI=1S/C23H26N4O2/c1-12-4-5-17(10-13(12)2)21-25-23(29)20-19(16-8-9-16)18(11-27(20)26-21)22(28)24-14(3)15-6-7-15/h4-5,10-11,14-16H,6-9H2,1-3H3,(H,24,28)(H,25,26,29)/t14-/m1/s1. The third-order valence-electron chi connectivity index (χ3n) is 6.38. The van der Waals surface area contributed by atoms with Crippen molar-refractivity contribution in [3.63, 3.8) is 0 Å². The van der Waals surface area contributed by atoms with Gasteiger partial charge in [0.25, 0.3) is 11.5 Å². The van der Waals surface area contributed by atoms with E-state index in [1.54, 1.807) is 10.7 Å². The predicted octanol–water partition coefficient (Wildman–Crippen LogP) is 3.71. The van der Waals surface area contributed by atoms with Gasteiger partial charge in [0.1, 0.15) is 5.52 Å². The van der Waals surface area contributed by atoms with E-state index in [1.807, 2.05) is 25.1 Å². The first-order chi connectivity index (χ1) is 13.9. The Bertz CT molecular complexity index is 1180. The molecule has 0 spiro atoms. The number of rotatable bonds is 5. The molecule has 0 saturated heterocycles. The monoisotopic (exact) mass is 390 g/mol. The number of aromatic nitrogens is 3. The first kappa shape index (κ1) is 18.2. The van der Waals surface area contributed by atoms with Crippen molar-refractivity contribution >= 4 is 11.4 Å². The number of carbonyl (C=O) groups is 1. The summed E-state index contributed by atoms with van der Waals surface area (Å²) < 4.78 is 1.60. The van der Waals surface area contributed by atoms with E-state index >= 15 is 0 Å². The van der Waals surface area contributed by atoms with Crippen LogP contribution in [0.1, 0.15) is 65.6 Å². The van der Waals surface area contributed by atoms with Gasteiger partial charge >= 0.3 is 0 Å². The Labute approximate surface area is 169 Å². The Hall–Kier alpha value is -2.89. The summed E-state index contributed by atoms with van der Waals surface area (Å²) in [5.74, 6) is 1.27. The van der Waals surface area contributed by atoms with Crippen molar-refractivity contribution < 1.29 is 4.79 Å². The maximum atomic E-state index is 13.0. The molecule has 0 radical (unpaired) electrons. The molecule has 29 heavy (non-hydrogen) atoms. The van der Waals surface area contributed by atoms with Gasteiger partial charge in [0.05, 0.1) is 5.56 Å². The quantitative estimate of drug-likeness (QED) is 0.697. The summed E-state index contributed by atoms with van der Waals surface area (Å²) >= 11 is 0. The highest BCUT2D eigenvalue weighted by Gasteiger charge is 2.35. The highest BCUT2D eigenvalue weighted by atomic mass is 16.2. The topological polar surface area (TPSA) is 79.3 Å².